The van der Waals surface area contributed by atoms with Crippen molar-refractivity contribution in [2.75, 3.05) is 27.2 Å². The highest BCUT2D eigenvalue weighted by molar-refractivity contribution is 5.77. The van der Waals surface area contributed by atoms with Crippen molar-refractivity contribution >= 4 is 5.91 Å². The molecule has 1 aromatic rings. The molecule has 0 fully saturated rings. The molecule has 4 nitrogen and oxygen atoms in total. The lowest BCUT2D eigenvalue weighted by Crippen LogP contribution is -2.35. The van der Waals surface area contributed by atoms with Gasteiger partial charge in [-0.05, 0) is 24.2 Å². The fourth-order valence-corrected chi connectivity index (χ4v) is 1.46. The van der Waals surface area contributed by atoms with Gasteiger partial charge in [0.05, 0.1) is 13.7 Å². The van der Waals surface area contributed by atoms with E-state index < -0.39 is 0 Å². The van der Waals surface area contributed by atoms with Crippen molar-refractivity contribution in [3.05, 3.63) is 29.8 Å². The molecule has 1 amide bonds. The number of amides is 1. The van der Waals surface area contributed by atoms with Crippen LogP contribution in [0.1, 0.15) is 12.5 Å². The molecule has 0 spiro atoms. The van der Waals surface area contributed by atoms with E-state index in [9.17, 15) is 4.79 Å². The van der Waals surface area contributed by atoms with Crippen LogP contribution in [0.4, 0.5) is 0 Å². The normalized spacial score (nSPS) is 10.1. The standard InChI is InChI=1S/C13H20N2O2/c1-4-14-9-13(16)15(2)10-11-5-7-12(17-3)8-6-11/h5-8,14H,4,9-10H2,1-3H3. The van der Waals surface area contributed by atoms with Gasteiger partial charge in [-0.3, -0.25) is 4.79 Å². The van der Waals surface area contributed by atoms with Gasteiger partial charge in [0.1, 0.15) is 5.75 Å². The fourth-order valence-electron chi connectivity index (χ4n) is 1.46. The minimum absolute atomic E-state index is 0.0997. The molecular formula is C13H20N2O2. The minimum Gasteiger partial charge on any atom is -0.497 e. The van der Waals surface area contributed by atoms with Gasteiger partial charge in [0, 0.05) is 13.6 Å². The van der Waals surface area contributed by atoms with E-state index in [2.05, 4.69) is 5.32 Å². The second-order valence-electron chi connectivity index (χ2n) is 3.88. The molecule has 0 saturated heterocycles. The number of benzene rings is 1. The Labute approximate surface area is 103 Å². The number of methoxy groups -OCH3 is 1. The third kappa shape index (κ3) is 4.44. The first-order valence-electron chi connectivity index (χ1n) is 5.75. The highest BCUT2D eigenvalue weighted by atomic mass is 16.5. The predicted octanol–water partition coefficient (Wildman–Crippen LogP) is 1.26. The van der Waals surface area contributed by atoms with Gasteiger partial charge in [-0.2, -0.15) is 0 Å². The zero-order chi connectivity index (χ0) is 12.7. The number of hydrogen-bond donors (Lipinski definition) is 1. The van der Waals surface area contributed by atoms with E-state index in [1.807, 2.05) is 38.2 Å². The van der Waals surface area contributed by atoms with Gasteiger partial charge in [0.2, 0.25) is 5.91 Å². The Morgan fingerprint density at radius 2 is 2.00 bits per heavy atom. The van der Waals surface area contributed by atoms with Crippen LogP contribution in [0.2, 0.25) is 0 Å². The molecule has 0 unspecified atom stereocenters. The zero-order valence-electron chi connectivity index (χ0n) is 10.7. The van der Waals surface area contributed by atoms with Crippen LogP contribution in [0.25, 0.3) is 0 Å². The molecule has 1 rings (SSSR count). The maximum Gasteiger partial charge on any atom is 0.236 e. The number of rotatable bonds is 6. The lowest BCUT2D eigenvalue weighted by Gasteiger charge is -2.17. The molecule has 17 heavy (non-hydrogen) atoms. The molecule has 0 saturated carbocycles. The number of ether oxygens (including phenoxy) is 1. The molecule has 0 aromatic heterocycles. The summed E-state index contributed by atoms with van der Waals surface area (Å²) in [4.78, 5) is 13.4. The van der Waals surface area contributed by atoms with Crippen LogP contribution in [0.3, 0.4) is 0 Å². The summed E-state index contributed by atoms with van der Waals surface area (Å²) in [7, 11) is 3.45. The van der Waals surface area contributed by atoms with Crippen molar-refractivity contribution in [1.82, 2.24) is 10.2 Å². The maximum atomic E-state index is 11.7. The van der Waals surface area contributed by atoms with Crippen molar-refractivity contribution in [3.8, 4) is 5.75 Å². The van der Waals surface area contributed by atoms with Crippen molar-refractivity contribution in [3.63, 3.8) is 0 Å². The van der Waals surface area contributed by atoms with Crippen LogP contribution in [0.5, 0.6) is 5.75 Å². The van der Waals surface area contributed by atoms with Gasteiger partial charge in [-0.25, -0.2) is 0 Å². The molecule has 0 aliphatic carbocycles. The summed E-state index contributed by atoms with van der Waals surface area (Å²) in [5.74, 6) is 0.929. The number of carbonyl (C=O) groups is 1. The molecule has 0 heterocycles. The van der Waals surface area contributed by atoms with Crippen LogP contribution in [-0.2, 0) is 11.3 Å². The quantitative estimate of drug-likeness (QED) is 0.808. The first kappa shape index (κ1) is 13.5. The number of likely N-dealkylation sites (N-methyl/N-ethyl adjacent to an activating group) is 2. The molecule has 1 N–H and O–H groups in total. The average molecular weight is 236 g/mol. The first-order valence-corrected chi connectivity index (χ1v) is 5.75. The van der Waals surface area contributed by atoms with E-state index in [1.165, 1.54) is 0 Å². The molecule has 4 heteroatoms. The monoisotopic (exact) mass is 236 g/mol. The Balaban J connectivity index is 2.49. The lowest BCUT2D eigenvalue weighted by atomic mass is 10.2. The highest BCUT2D eigenvalue weighted by Crippen LogP contribution is 2.12. The molecule has 1 aromatic carbocycles. The summed E-state index contributed by atoms with van der Waals surface area (Å²) in [5.41, 5.74) is 1.10. The van der Waals surface area contributed by atoms with Gasteiger partial charge in [0.15, 0.2) is 0 Å². The number of nitrogens with one attached hydrogen (secondary N) is 1. The predicted molar refractivity (Wildman–Crippen MR) is 68.0 cm³/mol. The van der Waals surface area contributed by atoms with E-state index >= 15 is 0 Å². The highest BCUT2D eigenvalue weighted by Gasteiger charge is 2.08. The Kier molecular flexibility index (Phi) is 5.49. The van der Waals surface area contributed by atoms with Gasteiger partial charge in [-0.1, -0.05) is 19.1 Å². The van der Waals surface area contributed by atoms with E-state index in [0.717, 1.165) is 17.9 Å². The SMILES string of the molecule is CCNCC(=O)N(C)Cc1ccc(OC)cc1. The average Bonchev–Trinajstić information content (AvgIpc) is 2.36. The van der Waals surface area contributed by atoms with Crippen molar-refractivity contribution in [2.24, 2.45) is 0 Å². The third-order valence-corrected chi connectivity index (χ3v) is 2.53. The van der Waals surface area contributed by atoms with Gasteiger partial charge in [-0.15, -0.1) is 0 Å². The summed E-state index contributed by atoms with van der Waals surface area (Å²) in [6.45, 7) is 3.80. The Morgan fingerprint density at radius 1 is 1.35 bits per heavy atom. The van der Waals surface area contributed by atoms with Crippen LogP contribution in [0.15, 0.2) is 24.3 Å². The Morgan fingerprint density at radius 3 is 2.53 bits per heavy atom. The van der Waals surface area contributed by atoms with Crippen LogP contribution in [0, 0.1) is 0 Å². The second-order valence-corrected chi connectivity index (χ2v) is 3.88. The largest absolute Gasteiger partial charge is 0.497 e. The van der Waals surface area contributed by atoms with Crippen LogP contribution in [-0.4, -0.2) is 38.1 Å². The third-order valence-electron chi connectivity index (χ3n) is 2.53. The van der Waals surface area contributed by atoms with E-state index in [4.69, 9.17) is 4.74 Å². The molecule has 0 aliphatic rings. The Hall–Kier alpha value is -1.55. The van der Waals surface area contributed by atoms with E-state index in [-0.39, 0.29) is 5.91 Å². The number of carbonyl (C=O) groups excluding carboxylic acids is 1. The molecule has 0 bridgehead atoms. The van der Waals surface area contributed by atoms with Gasteiger partial charge in [0.25, 0.3) is 0 Å². The zero-order valence-corrected chi connectivity index (χ0v) is 10.7. The Bertz CT molecular complexity index is 349. The van der Waals surface area contributed by atoms with Gasteiger partial charge < -0.3 is 15.0 Å². The first-order chi connectivity index (χ1) is 8.17. The summed E-state index contributed by atoms with van der Waals surface area (Å²) in [6.07, 6.45) is 0. The smallest absolute Gasteiger partial charge is 0.236 e. The van der Waals surface area contributed by atoms with Crippen LogP contribution < -0.4 is 10.1 Å². The second kappa shape index (κ2) is 6.91. The fraction of sp³-hybridized carbons (Fsp3) is 0.462. The number of nitrogens with zero attached hydrogens (tertiary/aromatic N) is 1. The summed E-state index contributed by atoms with van der Waals surface area (Å²) >= 11 is 0. The van der Waals surface area contributed by atoms with Crippen molar-refractivity contribution < 1.29 is 9.53 Å². The molecule has 0 atom stereocenters. The topological polar surface area (TPSA) is 41.6 Å². The number of hydrogen-bond acceptors (Lipinski definition) is 3. The summed E-state index contributed by atoms with van der Waals surface area (Å²) < 4.78 is 5.08. The van der Waals surface area contributed by atoms with Crippen molar-refractivity contribution in [2.45, 2.75) is 13.5 Å². The van der Waals surface area contributed by atoms with E-state index in [0.29, 0.717) is 13.1 Å². The lowest BCUT2D eigenvalue weighted by molar-refractivity contribution is -0.129. The summed E-state index contributed by atoms with van der Waals surface area (Å²) in [5, 5.41) is 3.02. The maximum absolute atomic E-state index is 11.7. The summed E-state index contributed by atoms with van der Waals surface area (Å²) in [6, 6.07) is 7.74. The molecule has 0 radical (unpaired) electrons. The molecular weight excluding hydrogens is 216 g/mol. The molecule has 0 aliphatic heterocycles. The van der Waals surface area contributed by atoms with Crippen LogP contribution >= 0.6 is 0 Å². The van der Waals surface area contributed by atoms with E-state index in [1.54, 1.807) is 12.0 Å². The minimum atomic E-state index is 0.0997. The molecule has 94 valence electrons. The van der Waals surface area contributed by atoms with Crippen molar-refractivity contribution in [1.29, 1.82) is 0 Å². The van der Waals surface area contributed by atoms with Gasteiger partial charge >= 0.3 is 0 Å².